The maximum absolute atomic E-state index is 14.4. The number of anilines is 2. The highest BCUT2D eigenvalue weighted by molar-refractivity contribution is 6.10. The lowest BCUT2D eigenvalue weighted by atomic mass is 10.0. The average Bonchev–Trinajstić information content (AvgIpc) is 4.18. The first-order valence-corrected chi connectivity index (χ1v) is 20.8. The molecule has 2 amide bonds. The molecule has 5 aromatic rings. The standard InChI is InChI=1S/C48H56N2O6/c1-3-5-7-9-24-49(47(51)39-16-14-37-30-43(20-18-35(37)28-39)53-26-22-45-33-55-45)41-12-11-13-42(32-41)50(25-10-8-6-4-2)48(52)40-17-15-38-31-44(21-19-36(38)29-40)54-27-23-46-34-56-46/h11-21,28-32,45-46H,3-10,22-27,33-34H2,1-2H3. The lowest BCUT2D eigenvalue weighted by molar-refractivity contribution is 0.0980. The fourth-order valence-corrected chi connectivity index (χ4v) is 7.21. The van der Waals surface area contributed by atoms with Crippen molar-refractivity contribution in [2.45, 2.75) is 90.3 Å². The number of benzene rings is 5. The van der Waals surface area contributed by atoms with E-state index >= 15 is 0 Å². The fraction of sp³-hybridized carbons (Fsp3) is 0.417. The molecular weight excluding hydrogens is 701 g/mol. The van der Waals surface area contributed by atoms with Gasteiger partial charge in [0.05, 0.1) is 38.6 Å². The van der Waals surface area contributed by atoms with E-state index in [9.17, 15) is 9.59 Å². The number of rotatable bonds is 22. The molecule has 2 heterocycles. The number of nitrogens with zero attached hydrogens (tertiary/aromatic N) is 2. The van der Waals surface area contributed by atoms with E-state index in [0.29, 0.717) is 49.6 Å². The number of hydrogen-bond acceptors (Lipinski definition) is 6. The number of unbranched alkanes of at least 4 members (excludes halogenated alkanes) is 6. The second kappa shape index (κ2) is 19.3. The fourth-order valence-electron chi connectivity index (χ4n) is 7.21. The third-order valence-corrected chi connectivity index (χ3v) is 10.8. The van der Waals surface area contributed by atoms with Crippen LogP contribution in [0.3, 0.4) is 0 Å². The van der Waals surface area contributed by atoms with Crippen LogP contribution in [0.4, 0.5) is 11.4 Å². The Labute approximate surface area is 331 Å². The van der Waals surface area contributed by atoms with Gasteiger partial charge in [0.15, 0.2) is 0 Å². The normalized spacial score (nSPS) is 15.8. The third-order valence-electron chi connectivity index (χ3n) is 10.8. The Bertz CT molecular complexity index is 1950. The van der Waals surface area contributed by atoms with Gasteiger partial charge in [-0.3, -0.25) is 9.59 Å². The zero-order valence-corrected chi connectivity index (χ0v) is 33.0. The van der Waals surface area contributed by atoms with E-state index in [2.05, 4.69) is 13.8 Å². The number of amides is 2. The monoisotopic (exact) mass is 756 g/mol. The second-order valence-electron chi connectivity index (χ2n) is 15.2. The van der Waals surface area contributed by atoms with Gasteiger partial charge < -0.3 is 28.7 Å². The number of fused-ring (bicyclic) bond motifs is 2. The Morgan fingerprint density at radius 1 is 0.554 bits per heavy atom. The Kier molecular flexibility index (Phi) is 13.5. The smallest absolute Gasteiger partial charge is 0.258 e. The summed E-state index contributed by atoms with van der Waals surface area (Å²) >= 11 is 0. The first-order valence-electron chi connectivity index (χ1n) is 20.8. The van der Waals surface area contributed by atoms with Crippen LogP contribution in [-0.2, 0) is 9.47 Å². The number of carbonyl (C=O) groups is 2. The third kappa shape index (κ3) is 10.7. The Morgan fingerprint density at radius 2 is 0.982 bits per heavy atom. The molecule has 0 aliphatic carbocycles. The maximum atomic E-state index is 14.4. The van der Waals surface area contributed by atoms with Gasteiger partial charge in [0.1, 0.15) is 11.5 Å². The van der Waals surface area contributed by atoms with Gasteiger partial charge in [0, 0.05) is 48.4 Å². The molecule has 0 radical (unpaired) electrons. The molecule has 2 saturated heterocycles. The first-order chi connectivity index (χ1) is 27.5. The summed E-state index contributed by atoms with van der Waals surface area (Å²) in [7, 11) is 0. The summed E-state index contributed by atoms with van der Waals surface area (Å²) in [5, 5.41) is 4.02. The number of carbonyl (C=O) groups excluding carboxylic acids is 2. The molecule has 8 nitrogen and oxygen atoms in total. The highest BCUT2D eigenvalue weighted by Gasteiger charge is 2.24. The summed E-state index contributed by atoms with van der Waals surface area (Å²) in [5.74, 6) is 1.53. The summed E-state index contributed by atoms with van der Waals surface area (Å²) in [4.78, 5) is 32.7. The average molecular weight is 757 g/mol. The van der Waals surface area contributed by atoms with Gasteiger partial charge in [-0.1, -0.05) is 82.7 Å². The zero-order valence-electron chi connectivity index (χ0n) is 33.0. The van der Waals surface area contributed by atoms with Crippen LogP contribution < -0.4 is 19.3 Å². The summed E-state index contributed by atoms with van der Waals surface area (Å²) in [6.45, 7) is 8.47. The van der Waals surface area contributed by atoms with Crippen LogP contribution in [0.15, 0.2) is 97.1 Å². The van der Waals surface area contributed by atoms with Crippen LogP contribution in [0.5, 0.6) is 11.5 Å². The van der Waals surface area contributed by atoms with Crippen molar-refractivity contribution in [3.8, 4) is 11.5 Å². The van der Waals surface area contributed by atoms with Crippen molar-refractivity contribution in [3.63, 3.8) is 0 Å². The predicted molar refractivity (Wildman–Crippen MR) is 226 cm³/mol. The van der Waals surface area contributed by atoms with Crippen molar-refractivity contribution in [2.24, 2.45) is 0 Å². The van der Waals surface area contributed by atoms with Gasteiger partial charge in [-0.05, 0) is 101 Å². The predicted octanol–water partition coefficient (Wildman–Crippen LogP) is 10.8. The minimum absolute atomic E-state index is 0.0510. The summed E-state index contributed by atoms with van der Waals surface area (Å²) in [5.41, 5.74) is 2.84. The van der Waals surface area contributed by atoms with Crippen molar-refractivity contribution in [3.05, 3.63) is 108 Å². The van der Waals surface area contributed by atoms with Crippen LogP contribution in [0, 0.1) is 0 Å². The number of hydrogen-bond donors (Lipinski definition) is 0. The van der Waals surface area contributed by atoms with Crippen LogP contribution in [0.2, 0.25) is 0 Å². The van der Waals surface area contributed by atoms with Gasteiger partial charge in [-0.15, -0.1) is 0 Å². The van der Waals surface area contributed by atoms with Crippen molar-refractivity contribution < 1.29 is 28.5 Å². The Morgan fingerprint density at radius 3 is 1.41 bits per heavy atom. The quantitative estimate of drug-likeness (QED) is 0.0516. The lowest BCUT2D eigenvalue weighted by Crippen LogP contribution is -2.34. The van der Waals surface area contributed by atoms with E-state index in [1.165, 1.54) is 0 Å². The van der Waals surface area contributed by atoms with Crippen molar-refractivity contribution in [1.82, 2.24) is 0 Å². The molecule has 294 valence electrons. The Hall–Kier alpha value is -4.92. The minimum Gasteiger partial charge on any atom is -0.493 e. The van der Waals surface area contributed by atoms with E-state index in [0.717, 1.165) is 122 Å². The van der Waals surface area contributed by atoms with Gasteiger partial charge in [-0.25, -0.2) is 0 Å². The SMILES string of the molecule is CCCCCCN(C(=O)c1ccc2cc(OCCC3CO3)ccc2c1)c1cccc(N(CCCCCC)C(=O)c2ccc3cc(OCCC4CO4)ccc3c2)c1. The number of ether oxygens (including phenoxy) is 4. The number of epoxide rings is 2. The van der Waals surface area contributed by atoms with E-state index in [-0.39, 0.29) is 11.8 Å². The topological polar surface area (TPSA) is 84.1 Å². The molecule has 0 N–H and O–H groups in total. The van der Waals surface area contributed by atoms with Crippen molar-refractivity contribution >= 4 is 44.7 Å². The van der Waals surface area contributed by atoms with Crippen molar-refractivity contribution in [2.75, 3.05) is 49.3 Å². The summed E-state index contributed by atoms with van der Waals surface area (Å²) in [6.07, 6.45) is 10.8. The molecule has 8 heteroatoms. The summed E-state index contributed by atoms with van der Waals surface area (Å²) in [6, 6.07) is 31.8. The van der Waals surface area contributed by atoms with Crippen LogP contribution >= 0.6 is 0 Å². The van der Waals surface area contributed by atoms with E-state index in [1.54, 1.807) is 0 Å². The minimum atomic E-state index is -0.0510. The van der Waals surface area contributed by atoms with Crippen LogP contribution in [0.25, 0.3) is 21.5 Å². The van der Waals surface area contributed by atoms with Crippen LogP contribution in [0.1, 0.15) is 98.8 Å². The van der Waals surface area contributed by atoms with Gasteiger partial charge in [-0.2, -0.15) is 0 Å². The van der Waals surface area contributed by atoms with Gasteiger partial charge in [0.2, 0.25) is 0 Å². The molecule has 0 aromatic heterocycles. The zero-order chi connectivity index (χ0) is 38.7. The highest BCUT2D eigenvalue weighted by Crippen LogP contribution is 2.30. The van der Waals surface area contributed by atoms with Crippen LogP contribution in [-0.4, -0.2) is 63.5 Å². The largest absolute Gasteiger partial charge is 0.493 e. The van der Waals surface area contributed by atoms with Gasteiger partial charge in [0.25, 0.3) is 11.8 Å². The van der Waals surface area contributed by atoms with Gasteiger partial charge >= 0.3 is 0 Å². The molecule has 56 heavy (non-hydrogen) atoms. The molecule has 2 fully saturated rings. The molecule has 2 aliphatic heterocycles. The highest BCUT2D eigenvalue weighted by atomic mass is 16.6. The molecule has 2 aliphatic rings. The first kappa shape index (κ1) is 39.3. The van der Waals surface area contributed by atoms with Crippen molar-refractivity contribution in [1.29, 1.82) is 0 Å². The van der Waals surface area contributed by atoms with E-state index in [1.807, 2.05) is 107 Å². The van der Waals surface area contributed by atoms with E-state index < -0.39 is 0 Å². The van der Waals surface area contributed by atoms with E-state index in [4.69, 9.17) is 18.9 Å². The molecule has 7 rings (SSSR count). The summed E-state index contributed by atoms with van der Waals surface area (Å²) < 4.78 is 22.5. The Balaban J connectivity index is 1.12. The molecule has 0 spiro atoms. The molecule has 2 atom stereocenters. The molecule has 0 saturated carbocycles. The molecule has 0 bridgehead atoms. The maximum Gasteiger partial charge on any atom is 0.258 e. The lowest BCUT2D eigenvalue weighted by Gasteiger charge is -2.27. The second-order valence-corrected chi connectivity index (χ2v) is 15.2. The molecule has 2 unspecified atom stereocenters. The molecule has 5 aromatic carbocycles. The molecular formula is C48H56N2O6.